The SMILES string of the molecule is CCCC(=O)OC(CC)N1C(=O)CCc2ccc(OCCCCN3CCN(c4cccc(Cl)c4Cl)CC3)cc21. The molecule has 0 bridgehead atoms. The fourth-order valence-electron chi connectivity index (χ4n) is 5.19. The fourth-order valence-corrected chi connectivity index (χ4v) is 5.61. The molecule has 2 aromatic rings. The largest absolute Gasteiger partial charge is 0.494 e. The number of hydrogen-bond acceptors (Lipinski definition) is 6. The van der Waals surface area contributed by atoms with Crippen LogP contribution in [0.3, 0.4) is 0 Å². The van der Waals surface area contributed by atoms with E-state index in [4.69, 9.17) is 32.7 Å². The summed E-state index contributed by atoms with van der Waals surface area (Å²) in [6.45, 7) is 9.31. The Labute approximate surface area is 241 Å². The van der Waals surface area contributed by atoms with Crippen LogP contribution in [-0.4, -0.2) is 62.3 Å². The molecule has 0 spiro atoms. The Balaban J connectivity index is 1.24. The maximum Gasteiger partial charge on any atom is 0.307 e. The number of anilines is 2. The van der Waals surface area contributed by atoms with Crippen LogP contribution in [0.25, 0.3) is 0 Å². The number of piperazine rings is 1. The minimum atomic E-state index is -0.596. The first-order valence-electron chi connectivity index (χ1n) is 14.1. The van der Waals surface area contributed by atoms with Gasteiger partial charge < -0.3 is 14.4 Å². The number of ether oxygens (including phenoxy) is 2. The van der Waals surface area contributed by atoms with Crippen molar-refractivity contribution in [1.29, 1.82) is 0 Å². The third kappa shape index (κ3) is 7.59. The first-order chi connectivity index (χ1) is 18.9. The van der Waals surface area contributed by atoms with Crippen molar-refractivity contribution in [2.45, 2.75) is 65.0 Å². The van der Waals surface area contributed by atoms with Crippen molar-refractivity contribution in [2.75, 3.05) is 49.1 Å². The van der Waals surface area contributed by atoms with Crippen LogP contribution < -0.4 is 14.5 Å². The summed E-state index contributed by atoms with van der Waals surface area (Å²) < 4.78 is 11.7. The van der Waals surface area contributed by atoms with E-state index in [1.54, 1.807) is 4.90 Å². The van der Waals surface area contributed by atoms with E-state index in [0.717, 1.165) is 68.3 Å². The Morgan fingerprint density at radius 2 is 1.79 bits per heavy atom. The third-order valence-electron chi connectivity index (χ3n) is 7.33. The molecule has 4 rings (SSSR count). The number of halogens is 2. The molecule has 2 aliphatic rings. The predicted molar refractivity (Wildman–Crippen MR) is 157 cm³/mol. The van der Waals surface area contributed by atoms with Gasteiger partial charge in [-0.25, -0.2) is 0 Å². The lowest BCUT2D eigenvalue weighted by Gasteiger charge is -2.36. The normalized spacial score (nSPS) is 16.7. The van der Waals surface area contributed by atoms with E-state index >= 15 is 0 Å². The molecule has 0 aromatic heterocycles. The molecule has 212 valence electrons. The van der Waals surface area contributed by atoms with Gasteiger partial charge in [0.05, 0.1) is 28.0 Å². The van der Waals surface area contributed by atoms with Crippen molar-refractivity contribution in [3.63, 3.8) is 0 Å². The lowest BCUT2D eigenvalue weighted by molar-refractivity contribution is -0.150. The van der Waals surface area contributed by atoms with E-state index in [1.165, 1.54) is 0 Å². The average molecular weight is 577 g/mol. The van der Waals surface area contributed by atoms with Crippen LogP contribution in [0.15, 0.2) is 36.4 Å². The third-order valence-corrected chi connectivity index (χ3v) is 8.14. The quantitative estimate of drug-likeness (QED) is 0.217. The van der Waals surface area contributed by atoms with Crippen LogP contribution in [0.4, 0.5) is 11.4 Å². The lowest BCUT2D eigenvalue weighted by atomic mass is 10.00. The fraction of sp³-hybridized carbons (Fsp3) is 0.533. The number of carbonyl (C=O) groups is 2. The van der Waals surface area contributed by atoms with Crippen LogP contribution in [0, 0.1) is 0 Å². The summed E-state index contributed by atoms with van der Waals surface area (Å²) in [5.74, 6) is 0.440. The number of fused-ring (bicyclic) bond motifs is 1. The van der Waals surface area contributed by atoms with Gasteiger partial charge in [-0.05, 0) is 56.0 Å². The zero-order valence-electron chi connectivity index (χ0n) is 23.0. The van der Waals surface area contributed by atoms with E-state index in [9.17, 15) is 9.59 Å². The Hall–Kier alpha value is -2.48. The molecular formula is C30H39Cl2N3O4. The minimum absolute atomic E-state index is 0.0199. The van der Waals surface area contributed by atoms with Gasteiger partial charge in [0.15, 0.2) is 6.23 Å². The van der Waals surface area contributed by atoms with Crippen LogP contribution in [0.1, 0.15) is 57.9 Å². The first kappa shape index (κ1) is 29.5. The summed E-state index contributed by atoms with van der Waals surface area (Å²) in [4.78, 5) is 31.4. The molecule has 0 saturated carbocycles. The monoisotopic (exact) mass is 575 g/mol. The van der Waals surface area contributed by atoms with Crippen molar-refractivity contribution in [1.82, 2.24) is 4.90 Å². The number of unbranched alkanes of at least 4 members (excludes halogenated alkanes) is 1. The lowest BCUT2D eigenvalue weighted by Crippen LogP contribution is -2.46. The van der Waals surface area contributed by atoms with Crippen LogP contribution in [0.2, 0.25) is 10.0 Å². The number of hydrogen-bond donors (Lipinski definition) is 0. The summed E-state index contributed by atoms with van der Waals surface area (Å²) >= 11 is 12.6. The molecule has 2 heterocycles. The van der Waals surface area contributed by atoms with Gasteiger partial charge in [0, 0.05) is 51.5 Å². The molecule has 1 atom stereocenters. The van der Waals surface area contributed by atoms with Gasteiger partial charge in [-0.1, -0.05) is 49.2 Å². The van der Waals surface area contributed by atoms with E-state index in [1.807, 2.05) is 50.2 Å². The molecule has 1 amide bonds. The first-order valence-corrected chi connectivity index (χ1v) is 14.9. The van der Waals surface area contributed by atoms with E-state index in [-0.39, 0.29) is 11.9 Å². The number of aryl methyl sites for hydroxylation is 1. The Morgan fingerprint density at radius 3 is 2.54 bits per heavy atom. The van der Waals surface area contributed by atoms with Crippen molar-refractivity contribution in [3.05, 3.63) is 52.0 Å². The maximum atomic E-state index is 12.9. The highest BCUT2D eigenvalue weighted by molar-refractivity contribution is 6.43. The number of amides is 1. The molecular weight excluding hydrogens is 537 g/mol. The van der Waals surface area contributed by atoms with E-state index in [2.05, 4.69) is 9.80 Å². The van der Waals surface area contributed by atoms with Gasteiger partial charge in [-0.3, -0.25) is 19.4 Å². The summed E-state index contributed by atoms with van der Waals surface area (Å²) in [7, 11) is 0. The summed E-state index contributed by atoms with van der Waals surface area (Å²) in [5.41, 5.74) is 2.87. The van der Waals surface area contributed by atoms with Crippen LogP contribution in [0.5, 0.6) is 5.75 Å². The van der Waals surface area contributed by atoms with Gasteiger partial charge in [0.2, 0.25) is 5.91 Å². The molecule has 1 saturated heterocycles. The molecule has 7 nitrogen and oxygen atoms in total. The number of benzene rings is 2. The molecule has 2 aromatic carbocycles. The smallest absolute Gasteiger partial charge is 0.307 e. The Morgan fingerprint density at radius 1 is 1.00 bits per heavy atom. The molecule has 0 aliphatic carbocycles. The molecule has 1 unspecified atom stereocenters. The zero-order valence-corrected chi connectivity index (χ0v) is 24.5. The van der Waals surface area contributed by atoms with Gasteiger partial charge in [-0.15, -0.1) is 0 Å². The number of esters is 1. The summed E-state index contributed by atoms with van der Waals surface area (Å²) in [6, 6.07) is 11.7. The maximum absolute atomic E-state index is 12.9. The van der Waals surface area contributed by atoms with Crippen LogP contribution >= 0.6 is 23.2 Å². The zero-order chi connectivity index (χ0) is 27.8. The standard InChI is InChI=1S/C30H39Cl2N3O4/c1-3-8-29(37)39-28(4-2)35-26-21-23(13-11-22(26)12-14-27(35)36)38-20-6-5-15-33-16-18-34(19-17-33)25-10-7-9-24(31)30(25)32/h7,9-11,13,21,28H,3-6,8,12,14-20H2,1-2H3. The second-order valence-corrected chi connectivity index (χ2v) is 10.9. The summed E-state index contributed by atoms with van der Waals surface area (Å²) in [5, 5.41) is 1.22. The topological polar surface area (TPSA) is 62.3 Å². The van der Waals surface area contributed by atoms with Crippen molar-refractivity contribution in [2.24, 2.45) is 0 Å². The Kier molecular flexibility index (Phi) is 10.8. The van der Waals surface area contributed by atoms with Crippen molar-refractivity contribution < 1.29 is 19.1 Å². The highest BCUT2D eigenvalue weighted by Crippen LogP contribution is 2.35. The van der Waals surface area contributed by atoms with Crippen molar-refractivity contribution in [3.8, 4) is 5.75 Å². The van der Waals surface area contributed by atoms with Gasteiger partial charge >= 0.3 is 5.97 Å². The highest BCUT2D eigenvalue weighted by atomic mass is 35.5. The van der Waals surface area contributed by atoms with E-state index in [0.29, 0.717) is 48.8 Å². The second kappa shape index (κ2) is 14.2. The number of nitrogens with zero attached hydrogens (tertiary/aromatic N) is 3. The van der Waals surface area contributed by atoms with E-state index < -0.39 is 6.23 Å². The van der Waals surface area contributed by atoms with Gasteiger partial charge in [-0.2, -0.15) is 0 Å². The van der Waals surface area contributed by atoms with Gasteiger partial charge in [0.25, 0.3) is 0 Å². The van der Waals surface area contributed by atoms with Crippen LogP contribution in [-0.2, 0) is 20.7 Å². The Bertz CT molecular complexity index is 1140. The highest BCUT2D eigenvalue weighted by Gasteiger charge is 2.32. The number of carbonyl (C=O) groups excluding carboxylic acids is 2. The molecule has 2 aliphatic heterocycles. The molecule has 9 heteroatoms. The molecule has 0 radical (unpaired) electrons. The number of rotatable bonds is 12. The second-order valence-electron chi connectivity index (χ2n) is 10.1. The van der Waals surface area contributed by atoms with Crippen molar-refractivity contribution >= 4 is 46.5 Å². The predicted octanol–water partition coefficient (Wildman–Crippen LogP) is 6.33. The minimum Gasteiger partial charge on any atom is -0.494 e. The molecule has 1 fully saturated rings. The molecule has 39 heavy (non-hydrogen) atoms. The summed E-state index contributed by atoms with van der Waals surface area (Å²) in [6.07, 6.45) is 4.07. The average Bonchev–Trinajstić information content (AvgIpc) is 2.94. The molecule has 0 N–H and O–H groups in total. The van der Waals surface area contributed by atoms with Gasteiger partial charge in [0.1, 0.15) is 5.75 Å².